The van der Waals surface area contributed by atoms with Gasteiger partial charge in [-0.2, -0.15) is 0 Å². The standard InChI is InChI=1S/C11H13N2OS/c1-2-12-5-6-13(9-12)8-10(14)11-4-3-7-15-11/h3-7,9H,2,8H2,1H3/q+1. The first-order valence-electron chi connectivity index (χ1n) is 4.91. The van der Waals surface area contributed by atoms with E-state index in [4.69, 9.17) is 0 Å². The van der Waals surface area contributed by atoms with Gasteiger partial charge in [-0.1, -0.05) is 6.07 Å². The normalized spacial score (nSPS) is 10.5. The van der Waals surface area contributed by atoms with Crippen LogP contribution in [0.3, 0.4) is 0 Å². The Bertz CT molecular complexity index is 445. The quantitative estimate of drug-likeness (QED) is 0.570. The minimum Gasteiger partial charge on any atom is -0.289 e. The number of nitrogens with zero attached hydrogens (tertiary/aromatic N) is 2. The number of carbonyl (C=O) groups excluding carboxylic acids is 1. The lowest BCUT2D eigenvalue weighted by Gasteiger charge is -1.93. The van der Waals surface area contributed by atoms with Gasteiger partial charge in [0.05, 0.1) is 11.4 Å². The van der Waals surface area contributed by atoms with Crippen LogP contribution in [-0.2, 0) is 13.1 Å². The van der Waals surface area contributed by atoms with Crippen LogP contribution in [0.1, 0.15) is 16.6 Å². The van der Waals surface area contributed by atoms with Crippen molar-refractivity contribution >= 4 is 17.1 Å². The van der Waals surface area contributed by atoms with Crippen molar-refractivity contribution in [1.29, 1.82) is 0 Å². The van der Waals surface area contributed by atoms with Crippen LogP contribution < -0.4 is 4.57 Å². The fourth-order valence-corrected chi connectivity index (χ4v) is 2.06. The van der Waals surface area contributed by atoms with Gasteiger partial charge in [0.15, 0.2) is 6.54 Å². The lowest BCUT2D eigenvalue weighted by molar-refractivity contribution is -0.682. The Kier molecular flexibility index (Phi) is 2.97. The zero-order valence-corrected chi connectivity index (χ0v) is 9.41. The molecule has 2 aromatic rings. The summed E-state index contributed by atoms with van der Waals surface area (Å²) in [5.41, 5.74) is 0. The predicted molar refractivity (Wildman–Crippen MR) is 59.0 cm³/mol. The highest BCUT2D eigenvalue weighted by atomic mass is 32.1. The molecule has 0 fully saturated rings. The summed E-state index contributed by atoms with van der Waals surface area (Å²) >= 11 is 1.49. The number of ketones is 1. The van der Waals surface area contributed by atoms with Gasteiger partial charge in [-0.25, -0.2) is 9.13 Å². The van der Waals surface area contributed by atoms with Crippen LogP contribution in [0.2, 0.25) is 0 Å². The average Bonchev–Trinajstić information content (AvgIpc) is 2.87. The third-order valence-corrected chi connectivity index (χ3v) is 3.14. The van der Waals surface area contributed by atoms with Crippen molar-refractivity contribution in [3.63, 3.8) is 0 Å². The first-order chi connectivity index (χ1) is 7.29. The molecule has 0 aliphatic heterocycles. The van der Waals surface area contributed by atoms with Gasteiger partial charge >= 0.3 is 0 Å². The van der Waals surface area contributed by atoms with E-state index in [-0.39, 0.29) is 5.78 Å². The molecule has 15 heavy (non-hydrogen) atoms. The fourth-order valence-electron chi connectivity index (χ4n) is 1.40. The number of rotatable bonds is 4. The number of Topliss-reactive ketones (excluding diaryl/α,β-unsaturated/α-hetero) is 1. The van der Waals surface area contributed by atoms with Crippen molar-refractivity contribution in [2.24, 2.45) is 0 Å². The smallest absolute Gasteiger partial charge is 0.244 e. The number of thiophene rings is 1. The maximum atomic E-state index is 11.8. The molecule has 0 unspecified atom stereocenters. The predicted octanol–water partition coefficient (Wildman–Crippen LogP) is 1.74. The van der Waals surface area contributed by atoms with E-state index in [0.717, 1.165) is 11.4 Å². The highest BCUT2D eigenvalue weighted by molar-refractivity contribution is 7.12. The molecular weight excluding hydrogens is 208 g/mol. The van der Waals surface area contributed by atoms with Crippen molar-refractivity contribution < 1.29 is 9.36 Å². The zero-order valence-electron chi connectivity index (χ0n) is 8.59. The first kappa shape index (κ1) is 10.1. The summed E-state index contributed by atoms with van der Waals surface area (Å²) in [5, 5.41) is 1.93. The number of aromatic nitrogens is 2. The Labute approximate surface area is 92.6 Å². The van der Waals surface area contributed by atoms with Gasteiger partial charge in [0.1, 0.15) is 12.4 Å². The van der Waals surface area contributed by atoms with Gasteiger partial charge in [0.25, 0.3) is 0 Å². The molecule has 0 aliphatic rings. The van der Waals surface area contributed by atoms with Crippen molar-refractivity contribution in [2.75, 3.05) is 0 Å². The van der Waals surface area contributed by atoms with E-state index in [0.29, 0.717) is 6.54 Å². The minimum atomic E-state index is 0.170. The van der Waals surface area contributed by atoms with Crippen LogP contribution in [0.25, 0.3) is 0 Å². The summed E-state index contributed by atoms with van der Waals surface area (Å²) in [4.78, 5) is 12.6. The largest absolute Gasteiger partial charge is 0.289 e. The summed E-state index contributed by atoms with van der Waals surface area (Å²) in [6, 6.07) is 3.77. The summed E-state index contributed by atoms with van der Waals surface area (Å²) < 4.78 is 3.95. The summed E-state index contributed by atoms with van der Waals surface area (Å²) in [7, 11) is 0. The van der Waals surface area contributed by atoms with E-state index in [2.05, 4.69) is 6.92 Å². The monoisotopic (exact) mass is 221 g/mol. The maximum absolute atomic E-state index is 11.8. The summed E-state index contributed by atoms with van der Waals surface area (Å²) in [6.07, 6.45) is 5.85. The summed E-state index contributed by atoms with van der Waals surface area (Å²) in [5.74, 6) is 0.170. The Morgan fingerprint density at radius 3 is 3.07 bits per heavy atom. The van der Waals surface area contributed by atoms with E-state index in [1.165, 1.54) is 11.3 Å². The van der Waals surface area contributed by atoms with E-state index in [1.807, 2.05) is 45.4 Å². The lowest BCUT2D eigenvalue weighted by atomic mass is 10.3. The second-order valence-corrected chi connectivity index (χ2v) is 4.26. The molecule has 0 bridgehead atoms. The second kappa shape index (κ2) is 4.40. The molecule has 2 rings (SSSR count). The Morgan fingerprint density at radius 2 is 2.47 bits per heavy atom. The van der Waals surface area contributed by atoms with Gasteiger partial charge in [-0.05, 0) is 18.4 Å². The third-order valence-electron chi connectivity index (χ3n) is 2.23. The van der Waals surface area contributed by atoms with Gasteiger partial charge in [-0.15, -0.1) is 11.3 Å². The molecule has 0 spiro atoms. The Hall–Kier alpha value is -1.42. The van der Waals surface area contributed by atoms with Crippen LogP contribution in [0, 0.1) is 0 Å². The van der Waals surface area contributed by atoms with Gasteiger partial charge in [-0.3, -0.25) is 4.79 Å². The van der Waals surface area contributed by atoms with Crippen LogP contribution in [0.15, 0.2) is 36.2 Å². The van der Waals surface area contributed by atoms with Crippen LogP contribution in [0.5, 0.6) is 0 Å². The van der Waals surface area contributed by atoms with E-state index in [1.54, 1.807) is 0 Å². The SMILES string of the molecule is CCn1cc[n+](CC(=O)c2cccs2)c1. The molecule has 0 saturated heterocycles. The number of imidazole rings is 1. The number of hydrogen-bond acceptors (Lipinski definition) is 2. The van der Waals surface area contributed by atoms with Gasteiger partial charge < -0.3 is 0 Å². The second-order valence-electron chi connectivity index (χ2n) is 3.32. The van der Waals surface area contributed by atoms with Crippen LogP contribution >= 0.6 is 11.3 Å². The molecule has 4 heteroatoms. The molecule has 3 nitrogen and oxygen atoms in total. The molecule has 2 heterocycles. The molecule has 2 aromatic heterocycles. The highest BCUT2D eigenvalue weighted by Crippen LogP contribution is 2.08. The zero-order chi connectivity index (χ0) is 10.7. The minimum absolute atomic E-state index is 0.170. The fraction of sp³-hybridized carbons (Fsp3) is 0.273. The highest BCUT2D eigenvalue weighted by Gasteiger charge is 2.11. The third kappa shape index (κ3) is 2.33. The molecule has 0 saturated carbocycles. The molecule has 0 aliphatic carbocycles. The summed E-state index contributed by atoms with van der Waals surface area (Å²) in [6.45, 7) is 3.43. The van der Waals surface area contributed by atoms with Crippen molar-refractivity contribution in [2.45, 2.75) is 20.0 Å². The van der Waals surface area contributed by atoms with Crippen LogP contribution in [-0.4, -0.2) is 10.4 Å². The molecular formula is C11H13N2OS+. The number of aryl methyl sites for hydroxylation is 1. The Morgan fingerprint density at radius 1 is 1.60 bits per heavy atom. The van der Waals surface area contributed by atoms with E-state index in [9.17, 15) is 4.79 Å². The van der Waals surface area contributed by atoms with Gasteiger partial charge in [0, 0.05) is 0 Å². The van der Waals surface area contributed by atoms with Crippen LogP contribution in [0.4, 0.5) is 0 Å². The van der Waals surface area contributed by atoms with Crippen molar-refractivity contribution in [3.8, 4) is 0 Å². The molecule has 0 radical (unpaired) electrons. The van der Waals surface area contributed by atoms with Crippen molar-refractivity contribution in [3.05, 3.63) is 41.1 Å². The molecule has 0 N–H and O–H groups in total. The van der Waals surface area contributed by atoms with E-state index < -0.39 is 0 Å². The topological polar surface area (TPSA) is 25.9 Å². The lowest BCUT2D eigenvalue weighted by Crippen LogP contribution is -2.35. The number of carbonyl (C=O) groups is 1. The van der Waals surface area contributed by atoms with Crippen molar-refractivity contribution in [1.82, 2.24) is 4.57 Å². The first-order valence-corrected chi connectivity index (χ1v) is 5.79. The maximum Gasteiger partial charge on any atom is 0.244 e. The van der Waals surface area contributed by atoms with E-state index >= 15 is 0 Å². The average molecular weight is 221 g/mol. The molecule has 0 atom stereocenters. The molecule has 0 aromatic carbocycles. The Balaban J connectivity index is 2.06. The molecule has 78 valence electrons. The number of hydrogen-bond donors (Lipinski definition) is 0. The molecule has 0 amide bonds. The van der Waals surface area contributed by atoms with Gasteiger partial charge in [0.2, 0.25) is 12.1 Å².